The number of hydrogen-bond acceptors (Lipinski definition) is 4. The predicted molar refractivity (Wildman–Crippen MR) is 71.3 cm³/mol. The molecule has 0 spiro atoms. The van der Waals surface area contributed by atoms with Crippen LogP contribution in [0.5, 0.6) is 0 Å². The first-order valence-electron chi connectivity index (χ1n) is 6.25. The molecular formula is C13H20N4O. The average molecular weight is 248 g/mol. The Balaban J connectivity index is 1.98. The van der Waals surface area contributed by atoms with Gasteiger partial charge in [-0.05, 0) is 38.6 Å². The van der Waals surface area contributed by atoms with Crippen molar-refractivity contribution in [3.63, 3.8) is 0 Å². The summed E-state index contributed by atoms with van der Waals surface area (Å²) in [6, 6.07) is 3.85. The van der Waals surface area contributed by atoms with Crippen LogP contribution >= 0.6 is 0 Å². The Kier molecular flexibility index (Phi) is 3.81. The molecule has 2 rings (SSSR count). The number of nitrogens with two attached hydrogens (primary N) is 1. The van der Waals surface area contributed by atoms with Gasteiger partial charge >= 0.3 is 0 Å². The summed E-state index contributed by atoms with van der Waals surface area (Å²) < 4.78 is 0. The van der Waals surface area contributed by atoms with E-state index in [1.54, 1.807) is 17.0 Å². The smallest absolute Gasteiger partial charge is 0.255 e. The van der Waals surface area contributed by atoms with Crippen LogP contribution in [0.1, 0.15) is 23.2 Å². The molecular weight excluding hydrogens is 228 g/mol. The number of amides is 1. The molecule has 5 heteroatoms. The van der Waals surface area contributed by atoms with Crippen LogP contribution in [0.3, 0.4) is 0 Å². The Morgan fingerprint density at radius 1 is 1.61 bits per heavy atom. The van der Waals surface area contributed by atoms with Gasteiger partial charge in [0.05, 0.1) is 5.56 Å². The molecule has 1 aromatic heterocycles. The van der Waals surface area contributed by atoms with E-state index in [1.807, 2.05) is 7.05 Å². The maximum Gasteiger partial charge on any atom is 0.255 e. The first-order chi connectivity index (χ1) is 8.58. The van der Waals surface area contributed by atoms with Crippen molar-refractivity contribution >= 4 is 11.7 Å². The third-order valence-corrected chi connectivity index (χ3v) is 3.54. The number of nitrogens with zero attached hydrogens (tertiary/aromatic N) is 3. The number of likely N-dealkylation sites (N-methyl/N-ethyl adjacent to an activating group) is 2. The Bertz CT molecular complexity index is 418. The van der Waals surface area contributed by atoms with Gasteiger partial charge in [0.2, 0.25) is 0 Å². The highest BCUT2D eigenvalue weighted by molar-refractivity contribution is 5.93. The fraction of sp³-hybridized carbons (Fsp3) is 0.538. The number of carbonyl (C=O) groups is 1. The van der Waals surface area contributed by atoms with Crippen LogP contribution in [0, 0.1) is 0 Å². The maximum atomic E-state index is 12.2. The molecule has 18 heavy (non-hydrogen) atoms. The molecule has 0 bridgehead atoms. The van der Waals surface area contributed by atoms with Crippen LogP contribution in [0.2, 0.25) is 0 Å². The standard InChI is InChI=1S/C13H20N4O/c1-16-7-3-4-11(16)9-17(2)13(18)10-5-6-12(14)15-8-10/h5-6,8,11H,3-4,7,9H2,1-2H3,(H2,14,15). The van der Waals surface area contributed by atoms with E-state index in [9.17, 15) is 4.79 Å². The van der Waals surface area contributed by atoms with Crippen molar-refractivity contribution in [1.82, 2.24) is 14.8 Å². The molecule has 1 aromatic rings. The molecule has 5 nitrogen and oxygen atoms in total. The number of rotatable bonds is 3. The summed E-state index contributed by atoms with van der Waals surface area (Å²) in [6.45, 7) is 1.88. The molecule has 0 aliphatic carbocycles. The highest BCUT2D eigenvalue weighted by Crippen LogP contribution is 2.16. The van der Waals surface area contributed by atoms with E-state index in [-0.39, 0.29) is 5.91 Å². The van der Waals surface area contributed by atoms with E-state index in [2.05, 4.69) is 16.9 Å². The molecule has 1 aliphatic heterocycles. The average Bonchev–Trinajstić information content (AvgIpc) is 2.75. The predicted octanol–water partition coefficient (Wildman–Crippen LogP) is 0.830. The van der Waals surface area contributed by atoms with Crippen molar-refractivity contribution in [3.8, 4) is 0 Å². The molecule has 2 N–H and O–H groups in total. The lowest BCUT2D eigenvalue weighted by molar-refractivity contribution is 0.0761. The van der Waals surface area contributed by atoms with E-state index in [4.69, 9.17) is 5.73 Å². The SMILES string of the molecule is CN(CC1CCCN1C)C(=O)c1ccc(N)nc1. The molecule has 0 saturated carbocycles. The Hall–Kier alpha value is -1.62. The molecule has 2 heterocycles. The molecule has 1 aliphatic rings. The van der Waals surface area contributed by atoms with Gasteiger partial charge in [0.15, 0.2) is 0 Å². The summed E-state index contributed by atoms with van der Waals surface area (Å²) in [7, 11) is 3.95. The van der Waals surface area contributed by atoms with Crippen LogP contribution in [-0.2, 0) is 0 Å². The summed E-state index contributed by atoms with van der Waals surface area (Å²) in [4.78, 5) is 20.2. The van der Waals surface area contributed by atoms with Gasteiger partial charge in [0, 0.05) is 25.8 Å². The summed E-state index contributed by atoms with van der Waals surface area (Å²) in [6.07, 6.45) is 3.91. The van der Waals surface area contributed by atoms with Crippen molar-refractivity contribution in [2.45, 2.75) is 18.9 Å². The van der Waals surface area contributed by atoms with Crippen LogP contribution < -0.4 is 5.73 Å². The number of carbonyl (C=O) groups excluding carboxylic acids is 1. The van der Waals surface area contributed by atoms with E-state index in [1.165, 1.54) is 12.6 Å². The molecule has 0 radical (unpaired) electrons. The van der Waals surface area contributed by atoms with Crippen molar-refractivity contribution in [1.29, 1.82) is 0 Å². The van der Waals surface area contributed by atoms with Gasteiger partial charge in [-0.25, -0.2) is 4.98 Å². The number of aromatic nitrogens is 1. The zero-order valence-electron chi connectivity index (χ0n) is 11.0. The zero-order valence-corrected chi connectivity index (χ0v) is 11.0. The number of nitrogen functional groups attached to an aromatic ring is 1. The number of hydrogen-bond donors (Lipinski definition) is 1. The minimum absolute atomic E-state index is 0.00259. The summed E-state index contributed by atoms with van der Waals surface area (Å²) >= 11 is 0. The molecule has 1 unspecified atom stereocenters. The van der Waals surface area contributed by atoms with Gasteiger partial charge in [-0.3, -0.25) is 4.79 Å². The second-order valence-electron chi connectivity index (χ2n) is 4.93. The lowest BCUT2D eigenvalue weighted by Crippen LogP contribution is -2.39. The largest absolute Gasteiger partial charge is 0.384 e. The number of likely N-dealkylation sites (tertiary alicyclic amines) is 1. The first-order valence-corrected chi connectivity index (χ1v) is 6.25. The topological polar surface area (TPSA) is 62.5 Å². The molecule has 1 fully saturated rings. The fourth-order valence-corrected chi connectivity index (χ4v) is 2.36. The third kappa shape index (κ3) is 2.79. The Morgan fingerprint density at radius 3 is 2.94 bits per heavy atom. The monoisotopic (exact) mass is 248 g/mol. The highest BCUT2D eigenvalue weighted by atomic mass is 16.2. The van der Waals surface area contributed by atoms with Gasteiger partial charge in [-0.15, -0.1) is 0 Å². The molecule has 1 saturated heterocycles. The molecule has 1 atom stereocenters. The minimum atomic E-state index is 0.00259. The van der Waals surface area contributed by atoms with Gasteiger partial charge in [-0.2, -0.15) is 0 Å². The fourth-order valence-electron chi connectivity index (χ4n) is 2.36. The summed E-state index contributed by atoms with van der Waals surface area (Å²) in [5.74, 6) is 0.438. The van der Waals surface area contributed by atoms with Gasteiger partial charge in [0.25, 0.3) is 5.91 Å². The van der Waals surface area contributed by atoms with Gasteiger partial charge < -0.3 is 15.5 Å². The van der Waals surface area contributed by atoms with Crippen LogP contribution in [0.15, 0.2) is 18.3 Å². The van der Waals surface area contributed by atoms with Crippen molar-refractivity contribution in [2.75, 3.05) is 32.9 Å². The Labute approximate surface area is 108 Å². The lowest BCUT2D eigenvalue weighted by atomic mass is 10.2. The van der Waals surface area contributed by atoms with Crippen molar-refractivity contribution in [3.05, 3.63) is 23.9 Å². The van der Waals surface area contributed by atoms with Gasteiger partial charge in [-0.1, -0.05) is 0 Å². The van der Waals surface area contributed by atoms with Crippen molar-refractivity contribution < 1.29 is 4.79 Å². The molecule has 1 amide bonds. The summed E-state index contributed by atoms with van der Waals surface area (Å²) in [5.41, 5.74) is 6.10. The molecule has 0 aromatic carbocycles. The zero-order chi connectivity index (χ0) is 13.1. The van der Waals surface area contributed by atoms with Crippen molar-refractivity contribution in [2.24, 2.45) is 0 Å². The Morgan fingerprint density at radius 2 is 2.39 bits per heavy atom. The first kappa shape index (κ1) is 12.8. The number of anilines is 1. The molecule has 98 valence electrons. The van der Waals surface area contributed by atoms with Crippen LogP contribution in [0.4, 0.5) is 5.82 Å². The third-order valence-electron chi connectivity index (χ3n) is 3.54. The van der Waals surface area contributed by atoms with Gasteiger partial charge in [0.1, 0.15) is 5.82 Å². The van der Waals surface area contributed by atoms with E-state index < -0.39 is 0 Å². The van der Waals surface area contributed by atoms with E-state index in [0.29, 0.717) is 17.4 Å². The van der Waals surface area contributed by atoms with Crippen LogP contribution in [0.25, 0.3) is 0 Å². The summed E-state index contributed by atoms with van der Waals surface area (Å²) in [5, 5.41) is 0. The normalized spacial score (nSPS) is 20.0. The van der Waals surface area contributed by atoms with E-state index in [0.717, 1.165) is 19.5 Å². The quantitative estimate of drug-likeness (QED) is 0.860. The van der Waals surface area contributed by atoms with E-state index >= 15 is 0 Å². The second kappa shape index (κ2) is 5.35. The number of pyridine rings is 1. The maximum absolute atomic E-state index is 12.2. The lowest BCUT2D eigenvalue weighted by Gasteiger charge is -2.25. The van der Waals surface area contributed by atoms with Crippen LogP contribution in [-0.4, -0.2) is 53.9 Å². The minimum Gasteiger partial charge on any atom is -0.384 e. The second-order valence-corrected chi connectivity index (χ2v) is 4.93. The highest BCUT2D eigenvalue weighted by Gasteiger charge is 2.24.